The molecule has 1 N–H and O–H groups in total. The predicted octanol–water partition coefficient (Wildman–Crippen LogP) is 3.51. The molecule has 2 aliphatic rings. The number of rotatable bonds is 7. The Labute approximate surface area is 94.3 Å². The minimum atomic E-state index is 0.878. The fourth-order valence-electron chi connectivity index (χ4n) is 3.37. The van der Waals surface area contributed by atoms with E-state index in [-0.39, 0.29) is 0 Å². The van der Waals surface area contributed by atoms with Gasteiger partial charge in [-0.3, -0.25) is 0 Å². The third-order valence-corrected chi connectivity index (χ3v) is 4.23. The molecule has 15 heavy (non-hydrogen) atoms. The smallest absolute Gasteiger partial charge is 0.00980 e. The Kier molecular flexibility index (Phi) is 4.25. The summed E-state index contributed by atoms with van der Waals surface area (Å²) in [5, 5.41) is 3.76. The van der Waals surface area contributed by atoms with Crippen molar-refractivity contribution in [1.29, 1.82) is 0 Å². The van der Waals surface area contributed by atoms with Crippen LogP contribution in [0.25, 0.3) is 0 Å². The maximum atomic E-state index is 3.76. The third kappa shape index (κ3) is 3.07. The number of nitrogens with one attached hydrogen (secondary N) is 1. The molecule has 2 saturated carbocycles. The number of hydrogen-bond acceptors (Lipinski definition) is 1. The van der Waals surface area contributed by atoms with Crippen LogP contribution < -0.4 is 5.32 Å². The van der Waals surface area contributed by atoms with Crippen molar-refractivity contribution >= 4 is 0 Å². The summed E-state index contributed by atoms with van der Waals surface area (Å²) in [7, 11) is 0. The van der Waals surface area contributed by atoms with Crippen LogP contribution in [0, 0.1) is 11.8 Å². The highest BCUT2D eigenvalue weighted by atomic mass is 14.9. The molecule has 86 valence electrons. The summed E-state index contributed by atoms with van der Waals surface area (Å²) in [6.07, 6.45) is 13.3. The van der Waals surface area contributed by atoms with E-state index in [1.165, 1.54) is 57.9 Å². The van der Waals surface area contributed by atoms with Crippen molar-refractivity contribution in [3.8, 4) is 0 Å². The van der Waals surface area contributed by atoms with Crippen LogP contribution >= 0.6 is 0 Å². The van der Waals surface area contributed by atoms with Gasteiger partial charge in [-0.15, -0.1) is 6.58 Å². The zero-order valence-corrected chi connectivity index (χ0v) is 9.88. The quantitative estimate of drug-likeness (QED) is 0.497. The summed E-state index contributed by atoms with van der Waals surface area (Å²) in [6.45, 7) is 4.99. The van der Waals surface area contributed by atoms with Gasteiger partial charge in [-0.2, -0.15) is 0 Å². The Hall–Kier alpha value is -0.300. The molecule has 1 heteroatoms. The molecule has 3 unspecified atom stereocenters. The van der Waals surface area contributed by atoms with Gasteiger partial charge in [0, 0.05) is 6.04 Å². The summed E-state index contributed by atoms with van der Waals surface area (Å²) in [4.78, 5) is 0. The van der Waals surface area contributed by atoms with Crippen molar-refractivity contribution in [2.75, 3.05) is 6.54 Å². The van der Waals surface area contributed by atoms with E-state index in [1.807, 2.05) is 6.08 Å². The number of allylic oxidation sites excluding steroid dienone is 1. The van der Waals surface area contributed by atoms with E-state index < -0.39 is 0 Å². The molecule has 0 aliphatic heterocycles. The van der Waals surface area contributed by atoms with Crippen molar-refractivity contribution in [2.24, 2.45) is 11.8 Å². The van der Waals surface area contributed by atoms with Crippen LogP contribution in [-0.2, 0) is 0 Å². The van der Waals surface area contributed by atoms with Gasteiger partial charge in [-0.25, -0.2) is 0 Å². The van der Waals surface area contributed by atoms with Crippen LogP contribution in [0.15, 0.2) is 12.7 Å². The van der Waals surface area contributed by atoms with Gasteiger partial charge in [0.05, 0.1) is 0 Å². The van der Waals surface area contributed by atoms with Crippen molar-refractivity contribution in [1.82, 2.24) is 5.32 Å². The second-order valence-electron chi connectivity index (χ2n) is 5.37. The zero-order chi connectivity index (χ0) is 10.5. The molecular formula is C14H25N. The molecule has 2 bridgehead atoms. The molecule has 1 nitrogen and oxygen atoms in total. The van der Waals surface area contributed by atoms with Gasteiger partial charge in [0.15, 0.2) is 0 Å². The second kappa shape index (κ2) is 5.69. The largest absolute Gasteiger partial charge is 0.314 e. The summed E-state index contributed by atoms with van der Waals surface area (Å²) in [5.74, 6) is 2.11. The molecule has 0 amide bonds. The maximum absolute atomic E-state index is 3.76. The standard InChI is InChI=1S/C14H25N/c1-2-3-4-5-6-9-15-14-11-12-7-8-13(14)10-12/h2,12-15H,1,3-11H2. The van der Waals surface area contributed by atoms with Gasteiger partial charge in [-0.1, -0.05) is 18.9 Å². The monoisotopic (exact) mass is 207 g/mol. The van der Waals surface area contributed by atoms with Crippen LogP contribution in [0.2, 0.25) is 0 Å². The molecule has 0 spiro atoms. The highest BCUT2D eigenvalue weighted by Gasteiger charge is 2.38. The molecule has 0 aromatic carbocycles. The average Bonchev–Trinajstić information content (AvgIpc) is 2.85. The van der Waals surface area contributed by atoms with Crippen molar-refractivity contribution in [2.45, 2.75) is 57.4 Å². The van der Waals surface area contributed by atoms with Gasteiger partial charge in [0.1, 0.15) is 0 Å². The van der Waals surface area contributed by atoms with Crippen molar-refractivity contribution < 1.29 is 0 Å². The first kappa shape index (κ1) is 11.2. The Morgan fingerprint density at radius 3 is 2.73 bits per heavy atom. The first-order valence-corrected chi connectivity index (χ1v) is 6.74. The summed E-state index contributed by atoms with van der Waals surface area (Å²) in [6, 6.07) is 0.878. The number of fused-ring (bicyclic) bond motifs is 2. The van der Waals surface area contributed by atoms with Crippen molar-refractivity contribution in [3.63, 3.8) is 0 Å². The first-order chi connectivity index (χ1) is 7.40. The van der Waals surface area contributed by atoms with Crippen LogP contribution in [0.4, 0.5) is 0 Å². The fraction of sp³-hybridized carbons (Fsp3) is 0.857. The van der Waals surface area contributed by atoms with Crippen LogP contribution in [-0.4, -0.2) is 12.6 Å². The maximum Gasteiger partial charge on any atom is 0.00980 e. The molecule has 0 heterocycles. The molecule has 0 aromatic rings. The van der Waals surface area contributed by atoms with E-state index in [0.717, 1.165) is 17.9 Å². The molecule has 0 saturated heterocycles. The highest BCUT2D eigenvalue weighted by molar-refractivity contribution is 4.93. The molecule has 0 radical (unpaired) electrons. The lowest BCUT2D eigenvalue weighted by Gasteiger charge is -2.22. The number of unbranched alkanes of at least 4 members (excludes halogenated alkanes) is 3. The molecule has 2 fully saturated rings. The normalized spacial score (nSPS) is 33.5. The predicted molar refractivity (Wildman–Crippen MR) is 65.9 cm³/mol. The summed E-state index contributed by atoms with van der Waals surface area (Å²) >= 11 is 0. The van der Waals surface area contributed by atoms with E-state index >= 15 is 0 Å². The minimum absolute atomic E-state index is 0.878. The Bertz CT molecular complexity index is 200. The molecule has 0 aromatic heterocycles. The lowest BCUT2D eigenvalue weighted by atomic mass is 9.95. The molecule has 3 atom stereocenters. The molecule has 2 rings (SSSR count). The minimum Gasteiger partial charge on any atom is -0.314 e. The Balaban J connectivity index is 1.50. The van der Waals surface area contributed by atoms with Gasteiger partial charge >= 0.3 is 0 Å². The topological polar surface area (TPSA) is 12.0 Å². The van der Waals surface area contributed by atoms with E-state index in [9.17, 15) is 0 Å². The highest BCUT2D eigenvalue weighted by Crippen LogP contribution is 2.44. The zero-order valence-electron chi connectivity index (χ0n) is 9.88. The van der Waals surface area contributed by atoms with E-state index in [2.05, 4.69) is 11.9 Å². The lowest BCUT2D eigenvalue weighted by molar-refractivity contribution is 0.349. The molecular weight excluding hydrogens is 182 g/mol. The Morgan fingerprint density at radius 1 is 1.13 bits per heavy atom. The lowest BCUT2D eigenvalue weighted by Crippen LogP contribution is -2.34. The van der Waals surface area contributed by atoms with Gasteiger partial charge in [0.25, 0.3) is 0 Å². The van der Waals surface area contributed by atoms with Gasteiger partial charge < -0.3 is 5.32 Å². The van der Waals surface area contributed by atoms with Crippen molar-refractivity contribution in [3.05, 3.63) is 12.7 Å². The van der Waals surface area contributed by atoms with E-state index in [1.54, 1.807) is 0 Å². The summed E-state index contributed by atoms with van der Waals surface area (Å²) < 4.78 is 0. The van der Waals surface area contributed by atoms with Gasteiger partial charge in [0.2, 0.25) is 0 Å². The summed E-state index contributed by atoms with van der Waals surface area (Å²) in [5.41, 5.74) is 0. The van der Waals surface area contributed by atoms with Crippen LogP contribution in [0.1, 0.15) is 51.4 Å². The van der Waals surface area contributed by atoms with Gasteiger partial charge in [-0.05, 0) is 56.9 Å². The Morgan fingerprint density at radius 2 is 2.07 bits per heavy atom. The molecule has 2 aliphatic carbocycles. The number of hydrogen-bond donors (Lipinski definition) is 1. The first-order valence-electron chi connectivity index (χ1n) is 6.74. The fourth-order valence-corrected chi connectivity index (χ4v) is 3.37. The third-order valence-electron chi connectivity index (χ3n) is 4.23. The van der Waals surface area contributed by atoms with E-state index in [0.29, 0.717) is 0 Å². The average molecular weight is 207 g/mol. The SMILES string of the molecule is C=CCCCCCNC1CC2CCC1C2. The van der Waals surface area contributed by atoms with Crippen LogP contribution in [0.5, 0.6) is 0 Å². The van der Waals surface area contributed by atoms with E-state index in [4.69, 9.17) is 0 Å². The van der Waals surface area contributed by atoms with Crippen LogP contribution in [0.3, 0.4) is 0 Å². The second-order valence-corrected chi connectivity index (χ2v) is 5.37.